The second-order valence-electron chi connectivity index (χ2n) is 6.00. The first-order valence-corrected chi connectivity index (χ1v) is 10.3. The van der Waals surface area contributed by atoms with E-state index in [1.165, 1.54) is 24.3 Å². The quantitative estimate of drug-likeness (QED) is 0.807. The zero-order valence-electron chi connectivity index (χ0n) is 13.7. The third-order valence-corrected chi connectivity index (χ3v) is 7.18. The first-order chi connectivity index (χ1) is 11.9. The third kappa shape index (κ3) is 3.91. The minimum atomic E-state index is -3.49. The van der Waals surface area contributed by atoms with Crippen LogP contribution >= 0.6 is 11.3 Å². The summed E-state index contributed by atoms with van der Waals surface area (Å²) in [5, 5.41) is 1.73. The molecule has 2 heterocycles. The molecule has 0 atom stereocenters. The Morgan fingerprint density at radius 3 is 2.56 bits per heavy atom. The Bertz CT molecular complexity index is 858. The highest BCUT2D eigenvalue weighted by atomic mass is 32.2. The first-order valence-electron chi connectivity index (χ1n) is 7.99. The number of halogens is 1. The number of sulfonamides is 1. The van der Waals surface area contributed by atoms with Crippen LogP contribution in [-0.4, -0.2) is 33.3 Å². The summed E-state index contributed by atoms with van der Waals surface area (Å²) in [4.78, 5) is 13.7. The van der Waals surface area contributed by atoms with Gasteiger partial charge < -0.3 is 4.90 Å². The topological polar surface area (TPSA) is 66.5 Å². The molecule has 0 amide bonds. The minimum Gasteiger partial charge on any atom is -0.371 e. The molecule has 0 radical (unpaired) electrons. The molecule has 2 aromatic rings. The van der Waals surface area contributed by atoms with Gasteiger partial charge in [-0.05, 0) is 43.3 Å². The van der Waals surface area contributed by atoms with Crippen molar-refractivity contribution in [3.05, 3.63) is 47.1 Å². The Morgan fingerprint density at radius 2 is 1.96 bits per heavy atom. The van der Waals surface area contributed by atoms with Gasteiger partial charge >= 0.3 is 0 Å². The Hall–Kier alpha value is -1.77. The summed E-state index contributed by atoms with van der Waals surface area (Å²) < 4.78 is 41.6. The zero-order chi connectivity index (χ0) is 18.0. The van der Waals surface area contributed by atoms with Crippen molar-refractivity contribution in [2.75, 3.05) is 18.0 Å². The van der Waals surface area contributed by atoms with Crippen molar-refractivity contribution < 1.29 is 17.6 Å². The lowest BCUT2D eigenvalue weighted by molar-refractivity contribution is 0.101. The first kappa shape index (κ1) is 18.0. The Balaban J connectivity index is 1.69. The molecule has 1 aliphatic rings. The van der Waals surface area contributed by atoms with E-state index in [0.29, 0.717) is 35.8 Å². The van der Waals surface area contributed by atoms with Crippen molar-refractivity contribution in [3.8, 4) is 0 Å². The van der Waals surface area contributed by atoms with Crippen LogP contribution < -0.4 is 9.62 Å². The number of nitrogens with one attached hydrogen (secondary N) is 1. The minimum absolute atomic E-state index is 0.0973. The number of hydrogen-bond donors (Lipinski definition) is 1. The molecule has 5 nitrogen and oxygen atoms in total. The number of anilines is 1. The number of thiophene rings is 1. The van der Waals surface area contributed by atoms with Gasteiger partial charge in [0.25, 0.3) is 0 Å². The molecule has 3 rings (SSSR count). The maximum atomic E-state index is 14.0. The van der Waals surface area contributed by atoms with Crippen molar-refractivity contribution >= 4 is 32.8 Å². The smallest absolute Gasteiger partial charge is 0.250 e. The number of Topliss-reactive ketones (excluding diaryl/α,β-unsaturated/α-hetero) is 1. The summed E-state index contributed by atoms with van der Waals surface area (Å²) >= 11 is 1.18. The number of nitrogens with zero attached hydrogens (tertiary/aromatic N) is 1. The number of rotatable bonds is 5. The van der Waals surface area contributed by atoms with Gasteiger partial charge in [0.1, 0.15) is 10.0 Å². The van der Waals surface area contributed by atoms with Gasteiger partial charge in [-0.2, -0.15) is 0 Å². The lowest BCUT2D eigenvalue weighted by Gasteiger charge is -2.34. The molecule has 0 bridgehead atoms. The Labute approximate surface area is 150 Å². The van der Waals surface area contributed by atoms with E-state index in [0.717, 1.165) is 0 Å². The highest BCUT2D eigenvalue weighted by molar-refractivity contribution is 7.91. The maximum Gasteiger partial charge on any atom is 0.250 e. The van der Waals surface area contributed by atoms with Gasteiger partial charge in [0, 0.05) is 19.1 Å². The molecule has 25 heavy (non-hydrogen) atoms. The van der Waals surface area contributed by atoms with Crippen LogP contribution in [0.5, 0.6) is 0 Å². The van der Waals surface area contributed by atoms with E-state index in [2.05, 4.69) is 4.72 Å². The lowest BCUT2D eigenvalue weighted by atomic mass is 10.0. The van der Waals surface area contributed by atoms with Gasteiger partial charge in [-0.15, -0.1) is 11.3 Å². The fourth-order valence-electron chi connectivity index (χ4n) is 3.06. The molecule has 0 saturated carbocycles. The molecule has 0 aliphatic carbocycles. The highest BCUT2D eigenvalue weighted by Crippen LogP contribution is 2.27. The van der Waals surface area contributed by atoms with Crippen molar-refractivity contribution in [2.45, 2.75) is 30.0 Å². The summed E-state index contributed by atoms with van der Waals surface area (Å²) in [6.45, 7) is 2.46. The summed E-state index contributed by atoms with van der Waals surface area (Å²) in [6.07, 6.45) is 1.19. The van der Waals surface area contributed by atoms with Gasteiger partial charge in [0.05, 0.1) is 11.3 Å². The van der Waals surface area contributed by atoms with E-state index in [1.54, 1.807) is 29.6 Å². The maximum absolute atomic E-state index is 14.0. The van der Waals surface area contributed by atoms with Gasteiger partial charge in [-0.1, -0.05) is 12.1 Å². The Kier molecular flexibility index (Phi) is 5.21. The molecular weight excluding hydrogens is 363 g/mol. The average Bonchev–Trinajstić information content (AvgIpc) is 3.10. The number of carbonyl (C=O) groups is 1. The number of carbonyl (C=O) groups excluding carboxylic acids is 1. The van der Waals surface area contributed by atoms with E-state index >= 15 is 0 Å². The van der Waals surface area contributed by atoms with Crippen molar-refractivity contribution in [3.63, 3.8) is 0 Å². The summed E-state index contributed by atoms with van der Waals surface area (Å²) in [6, 6.07) is 7.71. The van der Waals surface area contributed by atoms with Crippen molar-refractivity contribution in [2.24, 2.45) is 0 Å². The predicted octanol–water partition coefficient (Wildman–Crippen LogP) is 3.04. The van der Waals surface area contributed by atoms with Gasteiger partial charge in [0.15, 0.2) is 5.78 Å². The molecular formula is C17H19FN2O3S2. The molecule has 0 spiro atoms. The van der Waals surface area contributed by atoms with Crippen LogP contribution in [0.3, 0.4) is 0 Å². The molecule has 1 aromatic carbocycles. The normalized spacial score (nSPS) is 16.2. The van der Waals surface area contributed by atoms with E-state index in [1.807, 2.05) is 4.90 Å². The van der Waals surface area contributed by atoms with Crippen LogP contribution in [0.15, 0.2) is 39.9 Å². The molecule has 1 N–H and O–H groups in total. The Morgan fingerprint density at radius 1 is 1.24 bits per heavy atom. The van der Waals surface area contributed by atoms with Crippen LogP contribution in [0.1, 0.15) is 30.1 Å². The second kappa shape index (κ2) is 7.23. The second-order valence-corrected chi connectivity index (χ2v) is 8.89. The van der Waals surface area contributed by atoms with Crippen LogP contribution in [0.4, 0.5) is 10.1 Å². The van der Waals surface area contributed by atoms with E-state index in [-0.39, 0.29) is 17.4 Å². The molecule has 1 saturated heterocycles. The van der Waals surface area contributed by atoms with Gasteiger partial charge in [0.2, 0.25) is 10.0 Å². The number of piperidine rings is 1. The summed E-state index contributed by atoms with van der Waals surface area (Å²) in [7, 11) is -3.49. The number of hydrogen-bond acceptors (Lipinski definition) is 5. The predicted molar refractivity (Wildman–Crippen MR) is 96.3 cm³/mol. The summed E-state index contributed by atoms with van der Waals surface area (Å²) in [5.74, 6) is -0.834. The van der Waals surface area contributed by atoms with Crippen LogP contribution in [0.2, 0.25) is 0 Å². The standard InChI is InChI=1S/C17H19FN2O3S2/c1-12(21)17-14(18)4-2-5-15(17)20-9-7-13(8-10-20)19-25(22,23)16-6-3-11-24-16/h2-6,11,13,19H,7-10H2,1H3. The average molecular weight is 382 g/mol. The molecule has 134 valence electrons. The van der Waals surface area contributed by atoms with Crippen molar-refractivity contribution in [1.29, 1.82) is 0 Å². The number of benzene rings is 1. The molecule has 8 heteroatoms. The monoisotopic (exact) mass is 382 g/mol. The van der Waals surface area contributed by atoms with E-state index < -0.39 is 15.8 Å². The summed E-state index contributed by atoms with van der Waals surface area (Å²) in [5.41, 5.74) is 0.673. The molecule has 1 aromatic heterocycles. The van der Waals surface area contributed by atoms with Crippen LogP contribution in [0.25, 0.3) is 0 Å². The van der Waals surface area contributed by atoms with Gasteiger partial charge in [-0.25, -0.2) is 17.5 Å². The molecule has 0 unspecified atom stereocenters. The van der Waals surface area contributed by atoms with Gasteiger partial charge in [-0.3, -0.25) is 4.79 Å². The largest absolute Gasteiger partial charge is 0.371 e. The van der Waals surface area contributed by atoms with Crippen molar-refractivity contribution in [1.82, 2.24) is 4.72 Å². The molecule has 1 aliphatic heterocycles. The SMILES string of the molecule is CC(=O)c1c(F)cccc1N1CCC(NS(=O)(=O)c2cccs2)CC1. The number of ketones is 1. The third-order valence-electron chi connectivity index (χ3n) is 4.26. The fourth-order valence-corrected chi connectivity index (χ4v) is 5.37. The van der Waals surface area contributed by atoms with E-state index in [4.69, 9.17) is 0 Å². The molecule has 1 fully saturated rings. The fraction of sp³-hybridized carbons (Fsp3) is 0.353. The van der Waals surface area contributed by atoms with E-state index in [9.17, 15) is 17.6 Å². The lowest BCUT2D eigenvalue weighted by Crippen LogP contribution is -2.44. The van der Waals surface area contributed by atoms with Crippen LogP contribution in [0, 0.1) is 5.82 Å². The highest BCUT2D eigenvalue weighted by Gasteiger charge is 2.27. The van der Waals surface area contributed by atoms with Crippen LogP contribution in [-0.2, 0) is 10.0 Å². The zero-order valence-corrected chi connectivity index (χ0v) is 15.4.